The largest absolute Gasteiger partial charge is 0.493 e. The average Bonchev–Trinajstić information content (AvgIpc) is 3.55. The first-order chi connectivity index (χ1) is 19.7. The Morgan fingerprint density at radius 1 is 0.925 bits per heavy atom. The summed E-state index contributed by atoms with van der Waals surface area (Å²) in [7, 11) is 1.70. The molecule has 1 N–H and O–H groups in total. The number of benzene rings is 4. The number of hydrogen-bond acceptors (Lipinski definition) is 4. The van der Waals surface area contributed by atoms with Crippen LogP contribution in [0.4, 0.5) is 0 Å². The van der Waals surface area contributed by atoms with Gasteiger partial charge in [-0.25, -0.2) is 4.68 Å². The van der Waals surface area contributed by atoms with Crippen LogP contribution in [0.1, 0.15) is 33.9 Å². The minimum absolute atomic E-state index is 0.0947. The molecule has 5 heteroatoms. The van der Waals surface area contributed by atoms with Crippen molar-refractivity contribution >= 4 is 6.08 Å². The van der Waals surface area contributed by atoms with Crippen LogP contribution in [0.3, 0.4) is 0 Å². The van der Waals surface area contributed by atoms with Crippen molar-refractivity contribution in [3.63, 3.8) is 0 Å². The van der Waals surface area contributed by atoms with Gasteiger partial charge >= 0.3 is 0 Å². The fourth-order valence-electron chi connectivity index (χ4n) is 5.20. The normalized spacial score (nSPS) is 14.7. The lowest BCUT2D eigenvalue weighted by Crippen LogP contribution is -2.28. The van der Waals surface area contributed by atoms with Gasteiger partial charge in [0.2, 0.25) is 0 Å². The molecule has 0 spiro atoms. The fourth-order valence-corrected chi connectivity index (χ4v) is 5.20. The molecule has 2 heterocycles. The van der Waals surface area contributed by atoms with Crippen LogP contribution in [-0.4, -0.2) is 23.4 Å². The molecule has 1 aliphatic heterocycles. The molecule has 1 atom stereocenters. The zero-order valence-corrected chi connectivity index (χ0v) is 22.9. The van der Waals surface area contributed by atoms with Crippen molar-refractivity contribution in [2.45, 2.75) is 26.0 Å². The van der Waals surface area contributed by atoms with Crippen molar-refractivity contribution in [3.05, 3.63) is 137 Å². The van der Waals surface area contributed by atoms with Gasteiger partial charge in [-0.15, -0.1) is 0 Å². The van der Waals surface area contributed by atoms with Crippen LogP contribution in [0.25, 0.3) is 22.9 Å². The highest BCUT2D eigenvalue weighted by Gasteiger charge is 2.21. The van der Waals surface area contributed by atoms with Gasteiger partial charge in [0.05, 0.1) is 18.8 Å². The van der Waals surface area contributed by atoms with Crippen LogP contribution < -0.4 is 14.8 Å². The molecule has 0 radical (unpaired) electrons. The zero-order chi connectivity index (χ0) is 27.3. The number of nitrogens with one attached hydrogen (secondary N) is 1. The first-order valence-corrected chi connectivity index (χ1v) is 13.7. The molecule has 0 saturated carbocycles. The standard InChI is InChI=1S/C35H33N3O2/c1-25-9-10-29(27-11-14-31(15-12-27)38-20-6-18-37-38)21-28(25)13-16-33-32-23-34(39-2)35(22-30(32)17-19-36-33)40-24-26-7-4-3-5-8-26/h3-16,18,20-23,33,36H,17,19,24H2,1-2H3/b16-13+. The number of rotatable bonds is 8. The van der Waals surface area contributed by atoms with Gasteiger partial charge in [-0.2, -0.15) is 5.10 Å². The Balaban J connectivity index is 1.22. The highest BCUT2D eigenvalue weighted by atomic mass is 16.5. The molecular weight excluding hydrogens is 494 g/mol. The molecule has 5 nitrogen and oxygen atoms in total. The van der Waals surface area contributed by atoms with Crippen molar-refractivity contribution in [1.82, 2.24) is 15.1 Å². The van der Waals surface area contributed by atoms with Crippen molar-refractivity contribution in [2.24, 2.45) is 0 Å². The third-order valence-corrected chi connectivity index (χ3v) is 7.47. The minimum atomic E-state index is 0.0947. The summed E-state index contributed by atoms with van der Waals surface area (Å²) < 4.78 is 13.8. The molecule has 200 valence electrons. The molecule has 6 rings (SSSR count). The molecule has 5 aromatic rings. The Morgan fingerprint density at radius 3 is 2.52 bits per heavy atom. The predicted octanol–water partition coefficient (Wildman–Crippen LogP) is 7.34. The summed E-state index contributed by atoms with van der Waals surface area (Å²) in [4.78, 5) is 0. The van der Waals surface area contributed by atoms with Gasteiger partial charge in [-0.05, 0) is 88.7 Å². The second-order valence-corrected chi connectivity index (χ2v) is 10.1. The van der Waals surface area contributed by atoms with Gasteiger partial charge in [0.25, 0.3) is 0 Å². The van der Waals surface area contributed by atoms with Gasteiger partial charge in [0.1, 0.15) is 6.61 Å². The summed E-state index contributed by atoms with van der Waals surface area (Å²) in [5, 5.41) is 7.99. The van der Waals surface area contributed by atoms with E-state index >= 15 is 0 Å². The van der Waals surface area contributed by atoms with Crippen LogP contribution >= 0.6 is 0 Å². The van der Waals surface area contributed by atoms with Crippen LogP contribution in [0.5, 0.6) is 11.5 Å². The Labute approximate surface area is 235 Å². The maximum Gasteiger partial charge on any atom is 0.161 e. The van der Waals surface area contributed by atoms with Gasteiger partial charge < -0.3 is 14.8 Å². The van der Waals surface area contributed by atoms with Crippen LogP contribution in [-0.2, 0) is 13.0 Å². The van der Waals surface area contributed by atoms with E-state index in [2.05, 4.69) is 96.2 Å². The van der Waals surface area contributed by atoms with E-state index in [-0.39, 0.29) is 6.04 Å². The van der Waals surface area contributed by atoms with E-state index in [1.807, 2.05) is 35.1 Å². The molecule has 0 amide bonds. The second-order valence-electron chi connectivity index (χ2n) is 10.1. The van der Waals surface area contributed by atoms with Crippen molar-refractivity contribution in [1.29, 1.82) is 0 Å². The quantitative estimate of drug-likeness (QED) is 0.229. The maximum atomic E-state index is 6.18. The van der Waals surface area contributed by atoms with E-state index in [1.54, 1.807) is 13.3 Å². The average molecular weight is 528 g/mol. The molecular formula is C35H33N3O2. The van der Waals surface area contributed by atoms with Crippen LogP contribution in [0, 0.1) is 6.92 Å². The second kappa shape index (κ2) is 11.6. The first-order valence-electron chi connectivity index (χ1n) is 13.7. The van der Waals surface area contributed by atoms with Crippen LogP contribution in [0.2, 0.25) is 0 Å². The smallest absolute Gasteiger partial charge is 0.161 e. The molecule has 0 fully saturated rings. The minimum Gasteiger partial charge on any atom is -0.493 e. The summed E-state index contributed by atoms with van der Waals surface area (Å²) in [6.45, 7) is 3.58. The molecule has 0 bridgehead atoms. The third-order valence-electron chi connectivity index (χ3n) is 7.47. The SMILES string of the molecule is COc1cc2c(cc1OCc1ccccc1)CCNC2/C=C/c1cc(-c2ccc(-n3cccn3)cc2)ccc1C. The number of aromatic nitrogens is 2. The van der Waals surface area contributed by atoms with Gasteiger partial charge in [-0.3, -0.25) is 0 Å². The van der Waals surface area contributed by atoms with Crippen LogP contribution in [0.15, 0.2) is 109 Å². The van der Waals surface area contributed by atoms with E-state index < -0.39 is 0 Å². The van der Waals surface area contributed by atoms with E-state index in [1.165, 1.54) is 33.4 Å². The van der Waals surface area contributed by atoms with E-state index in [0.717, 1.165) is 35.7 Å². The lowest BCUT2D eigenvalue weighted by atomic mass is 9.92. The number of ether oxygens (including phenoxy) is 2. The molecule has 1 unspecified atom stereocenters. The number of aryl methyl sites for hydroxylation is 1. The molecule has 0 saturated heterocycles. The van der Waals surface area contributed by atoms with Crippen molar-refractivity contribution < 1.29 is 9.47 Å². The summed E-state index contributed by atoms with van der Waals surface area (Å²) in [5.41, 5.74) is 9.53. The maximum absolute atomic E-state index is 6.18. The Morgan fingerprint density at radius 2 is 1.75 bits per heavy atom. The monoisotopic (exact) mass is 527 g/mol. The van der Waals surface area contributed by atoms with Gasteiger partial charge in [-0.1, -0.05) is 66.7 Å². The van der Waals surface area contributed by atoms with Crippen molar-refractivity contribution in [3.8, 4) is 28.3 Å². The molecule has 1 aliphatic rings. The van der Waals surface area contributed by atoms with Crippen molar-refractivity contribution in [2.75, 3.05) is 13.7 Å². The molecule has 0 aliphatic carbocycles. The Kier molecular flexibility index (Phi) is 7.47. The van der Waals surface area contributed by atoms with Gasteiger partial charge in [0.15, 0.2) is 11.5 Å². The highest BCUT2D eigenvalue weighted by Crippen LogP contribution is 2.36. The Hall–Kier alpha value is -4.61. The highest BCUT2D eigenvalue weighted by molar-refractivity contribution is 5.70. The molecule has 1 aromatic heterocycles. The Bertz CT molecular complexity index is 1610. The topological polar surface area (TPSA) is 48.3 Å². The number of hydrogen-bond donors (Lipinski definition) is 1. The summed E-state index contributed by atoms with van der Waals surface area (Å²) >= 11 is 0. The lowest BCUT2D eigenvalue weighted by molar-refractivity contribution is 0.283. The van der Waals surface area contributed by atoms with E-state index in [9.17, 15) is 0 Å². The molecule has 40 heavy (non-hydrogen) atoms. The predicted molar refractivity (Wildman–Crippen MR) is 161 cm³/mol. The third kappa shape index (κ3) is 5.56. The fraction of sp³-hybridized carbons (Fsp3) is 0.171. The summed E-state index contributed by atoms with van der Waals surface area (Å²) in [6.07, 6.45) is 9.19. The van der Waals surface area contributed by atoms with Gasteiger partial charge in [0, 0.05) is 18.9 Å². The van der Waals surface area contributed by atoms with E-state index in [4.69, 9.17) is 9.47 Å². The summed E-state index contributed by atoms with van der Waals surface area (Å²) in [5.74, 6) is 1.55. The lowest BCUT2D eigenvalue weighted by Gasteiger charge is -2.26. The summed E-state index contributed by atoms with van der Waals surface area (Å²) in [6, 6.07) is 31.7. The number of fused-ring (bicyclic) bond motifs is 1. The number of nitrogens with zero attached hydrogens (tertiary/aromatic N) is 2. The number of methoxy groups -OCH3 is 1. The van der Waals surface area contributed by atoms with E-state index in [0.29, 0.717) is 6.61 Å². The first kappa shape index (κ1) is 25.7. The molecule has 4 aromatic carbocycles. The zero-order valence-electron chi connectivity index (χ0n) is 22.9.